The fourth-order valence-electron chi connectivity index (χ4n) is 2.57. The van der Waals surface area contributed by atoms with Gasteiger partial charge < -0.3 is 4.74 Å². The monoisotopic (exact) mass is 272 g/mol. The zero-order chi connectivity index (χ0) is 11.7. The van der Waals surface area contributed by atoms with E-state index in [4.69, 9.17) is 16.3 Å². The highest BCUT2D eigenvalue weighted by atomic mass is 35.5. The van der Waals surface area contributed by atoms with Crippen LogP contribution in [0.5, 0.6) is 5.75 Å². The molecule has 3 rings (SSSR count). The van der Waals surface area contributed by atoms with Gasteiger partial charge in [-0.2, -0.15) is 16.9 Å². The van der Waals surface area contributed by atoms with E-state index in [2.05, 4.69) is 5.10 Å². The van der Waals surface area contributed by atoms with E-state index in [9.17, 15) is 0 Å². The fraction of sp³-hybridized carbons (Fsp3) is 0.750. The van der Waals surface area contributed by atoms with Crippen molar-refractivity contribution in [1.82, 2.24) is 9.78 Å². The van der Waals surface area contributed by atoms with Crippen molar-refractivity contribution in [2.75, 3.05) is 11.5 Å². The van der Waals surface area contributed by atoms with Crippen molar-refractivity contribution >= 4 is 23.4 Å². The van der Waals surface area contributed by atoms with Gasteiger partial charge >= 0.3 is 0 Å². The van der Waals surface area contributed by atoms with E-state index in [1.165, 1.54) is 18.6 Å². The van der Waals surface area contributed by atoms with Crippen LogP contribution in [0.1, 0.15) is 38.1 Å². The Morgan fingerprint density at radius 1 is 1.35 bits per heavy atom. The van der Waals surface area contributed by atoms with Gasteiger partial charge in [0, 0.05) is 5.75 Å². The molecule has 2 fully saturated rings. The molecule has 0 spiro atoms. The first-order chi connectivity index (χ1) is 8.34. The number of thioether (sulfide) groups is 1. The minimum absolute atomic E-state index is 0.350. The van der Waals surface area contributed by atoms with Crippen LogP contribution in [-0.2, 0) is 0 Å². The highest BCUT2D eigenvalue weighted by molar-refractivity contribution is 7.99. The lowest BCUT2D eigenvalue weighted by Crippen LogP contribution is -2.12. The standard InChI is InChI=1S/C12H17ClN2OS/c13-12-11(16-10-3-1-2-4-10)7-14-15(12)9-5-6-17-8-9/h7,9-10H,1-6,8H2. The molecule has 1 aliphatic carbocycles. The van der Waals surface area contributed by atoms with E-state index in [0.29, 0.717) is 17.3 Å². The molecule has 1 aliphatic heterocycles. The smallest absolute Gasteiger partial charge is 0.176 e. The maximum Gasteiger partial charge on any atom is 0.176 e. The SMILES string of the molecule is Clc1c(OC2CCCC2)cnn1C1CCSC1. The van der Waals surface area contributed by atoms with Crippen LogP contribution in [-0.4, -0.2) is 27.4 Å². The van der Waals surface area contributed by atoms with E-state index in [1.807, 2.05) is 16.4 Å². The number of ether oxygens (including phenoxy) is 1. The normalized spacial score (nSPS) is 25.6. The number of hydrogen-bond donors (Lipinski definition) is 0. The van der Waals surface area contributed by atoms with Crippen LogP contribution in [0.25, 0.3) is 0 Å². The molecular formula is C12H17ClN2OS. The molecule has 3 nitrogen and oxygen atoms in total. The second-order valence-corrected chi connectivity index (χ2v) is 6.29. The summed E-state index contributed by atoms with van der Waals surface area (Å²) in [5.41, 5.74) is 0. The average molecular weight is 273 g/mol. The highest BCUT2D eigenvalue weighted by Crippen LogP contribution is 2.35. The molecule has 0 amide bonds. The van der Waals surface area contributed by atoms with Gasteiger partial charge in [0.1, 0.15) is 0 Å². The molecule has 1 atom stereocenters. The van der Waals surface area contributed by atoms with Gasteiger partial charge in [0.25, 0.3) is 0 Å². The third-order valence-corrected chi connectivity index (χ3v) is 5.06. The van der Waals surface area contributed by atoms with Gasteiger partial charge in [0.15, 0.2) is 10.9 Å². The Hall–Kier alpha value is -0.350. The van der Waals surface area contributed by atoms with Crippen molar-refractivity contribution in [3.05, 3.63) is 11.3 Å². The molecule has 0 radical (unpaired) electrons. The maximum atomic E-state index is 6.35. The molecule has 5 heteroatoms. The van der Waals surface area contributed by atoms with Crippen LogP contribution in [0.15, 0.2) is 6.20 Å². The Morgan fingerprint density at radius 2 is 2.18 bits per heavy atom. The van der Waals surface area contributed by atoms with Gasteiger partial charge in [-0.3, -0.25) is 0 Å². The van der Waals surface area contributed by atoms with Crippen molar-refractivity contribution in [3.63, 3.8) is 0 Å². The molecule has 1 saturated heterocycles. The van der Waals surface area contributed by atoms with Crippen LogP contribution >= 0.6 is 23.4 Å². The second kappa shape index (κ2) is 5.11. The first kappa shape index (κ1) is 11.7. The minimum Gasteiger partial charge on any atom is -0.486 e. The molecule has 1 unspecified atom stereocenters. The summed E-state index contributed by atoms with van der Waals surface area (Å²) in [5, 5.41) is 5.07. The third-order valence-electron chi connectivity index (χ3n) is 3.55. The molecule has 1 aromatic heterocycles. The summed E-state index contributed by atoms with van der Waals surface area (Å²) in [6.45, 7) is 0. The lowest BCUT2D eigenvalue weighted by Gasteiger charge is -2.13. The Kier molecular flexibility index (Phi) is 3.52. The van der Waals surface area contributed by atoms with Gasteiger partial charge in [-0.1, -0.05) is 11.6 Å². The summed E-state index contributed by atoms with van der Waals surface area (Å²) in [6, 6.07) is 0.452. The van der Waals surface area contributed by atoms with Crippen LogP contribution in [0.3, 0.4) is 0 Å². The van der Waals surface area contributed by atoms with Crippen molar-refractivity contribution < 1.29 is 4.74 Å². The third kappa shape index (κ3) is 2.43. The number of nitrogens with zero attached hydrogens (tertiary/aromatic N) is 2. The molecule has 94 valence electrons. The van der Waals surface area contributed by atoms with Crippen molar-refractivity contribution in [1.29, 1.82) is 0 Å². The molecule has 2 heterocycles. The first-order valence-electron chi connectivity index (χ1n) is 6.32. The second-order valence-electron chi connectivity index (χ2n) is 4.79. The number of aromatic nitrogens is 2. The Bertz CT molecular complexity index is 384. The summed E-state index contributed by atoms with van der Waals surface area (Å²) in [7, 11) is 0. The molecule has 1 saturated carbocycles. The van der Waals surface area contributed by atoms with Gasteiger partial charge in [0.05, 0.1) is 18.3 Å². The fourth-order valence-corrected chi connectivity index (χ4v) is 4.03. The van der Waals surface area contributed by atoms with E-state index in [0.717, 1.165) is 30.8 Å². The highest BCUT2D eigenvalue weighted by Gasteiger charge is 2.24. The predicted octanol–water partition coefficient (Wildman–Crippen LogP) is 3.54. The van der Waals surface area contributed by atoms with Crippen molar-refractivity contribution in [3.8, 4) is 5.75 Å². The summed E-state index contributed by atoms with van der Waals surface area (Å²) in [6.07, 6.45) is 8.15. The van der Waals surface area contributed by atoms with E-state index in [-0.39, 0.29) is 0 Å². The summed E-state index contributed by atoms with van der Waals surface area (Å²) < 4.78 is 7.86. The number of halogens is 1. The van der Waals surface area contributed by atoms with E-state index < -0.39 is 0 Å². The van der Waals surface area contributed by atoms with Gasteiger partial charge in [-0.05, 0) is 37.9 Å². The molecule has 2 aliphatic rings. The van der Waals surface area contributed by atoms with Crippen LogP contribution in [0, 0.1) is 0 Å². The summed E-state index contributed by atoms with van der Waals surface area (Å²) in [5.74, 6) is 3.10. The maximum absolute atomic E-state index is 6.35. The van der Waals surface area contributed by atoms with Crippen LogP contribution in [0.4, 0.5) is 0 Å². The molecule has 0 bridgehead atoms. The Morgan fingerprint density at radius 3 is 2.88 bits per heavy atom. The zero-order valence-corrected chi connectivity index (χ0v) is 11.3. The first-order valence-corrected chi connectivity index (χ1v) is 7.85. The zero-order valence-electron chi connectivity index (χ0n) is 9.77. The van der Waals surface area contributed by atoms with Crippen LogP contribution < -0.4 is 4.74 Å². The predicted molar refractivity (Wildman–Crippen MR) is 71.1 cm³/mol. The van der Waals surface area contributed by atoms with E-state index >= 15 is 0 Å². The Balaban J connectivity index is 1.72. The van der Waals surface area contributed by atoms with Crippen molar-refractivity contribution in [2.45, 2.75) is 44.2 Å². The van der Waals surface area contributed by atoms with Crippen LogP contribution in [0.2, 0.25) is 5.15 Å². The average Bonchev–Trinajstić information content (AvgIpc) is 3.03. The number of rotatable bonds is 3. The molecule has 1 aromatic rings. The summed E-state index contributed by atoms with van der Waals surface area (Å²) >= 11 is 8.32. The topological polar surface area (TPSA) is 27.1 Å². The van der Waals surface area contributed by atoms with Crippen molar-refractivity contribution in [2.24, 2.45) is 0 Å². The lowest BCUT2D eigenvalue weighted by atomic mass is 10.3. The molecular weight excluding hydrogens is 256 g/mol. The van der Waals surface area contributed by atoms with E-state index in [1.54, 1.807) is 6.20 Å². The van der Waals surface area contributed by atoms with Gasteiger partial charge in [-0.15, -0.1) is 0 Å². The molecule has 0 aromatic carbocycles. The van der Waals surface area contributed by atoms with Gasteiger partial charge in [0.2, 0.25) is 0 Å². The lowest BCUT2D eigenvalue weighted by molar-refractivity contribution is 0.210. The minimum atomic E-state index is 0.350. The number of hydrogen-bond acceptors (Lipinski definition) is 3. The molecule has 0 N–H and O–H groups in total. The van der Waals surface area contributed by atoms with Gasteiger partial charge in [-0.25, -0.2) is 4.68 Å². The Labute approximate surface area is 111 Å². The molecule has 17 heavy (non-hydrogen) atoms. The largest absolute Gasteiger partial charge is 0.486 e. The summed E-state index contributed by atoms with van der Waals surface area (Å²) in [4.78, 5) is 0. The quantitative estimate of drug-likeness (QED) is 0.842.